The van der Waals surface area contributed by atoms with Gasteiger partial charge in [0.2, 0.25) is 0 Å². The van der Waals surface area contributed by atoms with E-state index in [1.54, 1.807) is 12.1 Å². The third kappa shape index (κ3) is 3.70. The number of hydrogen-bond donors (Lipinski definition) is 0. The number of halogens is 1. The number of furan rings is 1. The molecule has 0 fully saturated rings. The molecule has 0 aliphatic rings. The molecule has 5 heteroatoms. The van der Waals surface area contributed by atoms with Crippen molar-refractivity contribution in [1.29, 1.82) is 0 Å². The van der Waals surface area contributed by atoms with Gasteiger partial charge in [-0.05, 0) is 47.2 Å². The number of fused-ring (bicyclic) bond motifs is 4. The molecule has 0 aliphatic carbocycles. The van der Waals surface area contributed by atoms with Gasteiger partial charge >= 0.3 is 0 Å². The van der Waals surface area contributed by atoms with Gasteiger partial charge in [0.05, 0.1) is 22.4 Å². The normalized spacial score (nSPS) is 11.8. The molecule has 0 aliphatic heterocycles. The molecule has 6 rings (SSSR count). The maximum atomic E-state index is 14.8. The average Bonchev–Trinajstić information content (AvgIpc) is 3.42. The van der Waals surface area contributed by atoms with Crippen molar-refractivity contribution in [2.45, 2.75) is 39.5 Å². The summed E-state index contributed by atoms with van der Waals surface area (Å²) in [5, 5.41) is 1.22. The predicted octanol–water partition coefficient (Wildman–Crippen LogP) is 8.78. The molecule has 183 valence electrons. The minimum Gasteiger partial charge on any atom is -0.500 e. The van der Waals surface area contributed by atoms with E-state index in [2.05, 4.69) is 62.6 Å². The molecular weight excluding hydrogens is 628 g/mol. The number of imidazole rings is 1. The van der Waals surface area contributed by atoms with Gasteiger partial charge in [-0.3, -0.25) is 4.98 Å². The first-order valence-electron chi connectivity index (χ1n) is 12.1. The number of rotatable bonds is 4. The minimum atomic E-state index is -0.292. The third-order valence-electron chi connectivity index (χ3n) is 6.76. The number of hydrogen-bond acceptors (Lipinski definition) is 2. The van der Waals surface area contributed by atoms with E-state index in [0.717, 1.165) is 33.5 Å². The molecule has 0 spiro atoms. The molecule has 2 heterocycles. The van der Waals surface area contributed by atoms with Crippen LogP contribution in [0.4, 0.5) is 4.39 Å². The van der Waals surface area contributed by atoms with Crippen molar-refractivity contribution < 1.29 is 28.9 Å². The van der Waals surface area contributed by atoms with Gasteiger partial charge in [-0.15, -0.1) is 18.2 Å². The molecule has 6 aromatic rings. The Hall–Kier alpha value is -3.27. The molecule has 0 N–H and O–H groups in total. The van der Waals surface area contributed by atoms with Gasteiger partial charge in [-0.25, -0.2) is 4.39 Å². The summed E-state index contributed by atoms with van der Waals surface area (Å²) in [5.74, 6) is 1.08. The first-order valence-corrected chi connectivity index (χ1v) is 12.1. The molecule has 2 aromatic heterocycles. The fourth-order valence-corrected chi connectivity index (χ4v) is 5.10. The van der Waals surface area contributed by atoms with Crippen LogP contribution in [0.2, 0.25) is 0 Å². The van der Waals surface area contributed by atoms with E-state index in [9.17, 15) is 4.39 Å². The van der Waals surface area contributed by atoms with E-state index < -0.39 is 0 Å². The van der Waals surface area contributed by atoms with Crippen molar-refractivity contribution in [3.05, 3.63) is 95.8 Å². The fraction of sp³-hybridized carbons (Fsp3) is 0.194. The van der Waals surface area contributed by atoms with E-state index in [4.69, 9.17) is 9.40 Å². The summed E-state index contributed by atoms with van der Waals surface area (Å²) in [4.78, 5) is 5.08. The summed E-state index contributed by atoms with van der Waals surface area (Å²) < 4.78 is 23.3. The van der Waals surface area contributed by atoms with Gasteiger partial charge in [-0.2, -0.15) is 0 Å². The van der Waals surface area contributed by atoms with E-state index >= 15 is 0 Å². The van der Waals surface area contributed by atoms with Crippen LogP contribution in [0.1, 0.15) is 50.7 Å². The largest absolute Gasteiger partial charge is 0.500 e. The molecule has 0 saturated carbocycles. The van der Waals surface area contributed by atoms with Crippen LogP contribution in [0.5, 0.6) is 0 Å². The maximum Gasteiger partial charge on any atom is 0.133 e. The van der Waals surface area contributed by atoms with Crippen LogP contribution in [0.3, 0.4) is 0 Å². The minimum absolute atomic E-state index is 0. The van der Waals surface area contributed by atoms with Crippen LogP contribution in [0, 0.1) is 11.9 Å². The number of para-hydroxylation sites is 3. The van der Waals surface area contributed by atoms with Gasteiger partial charge in [0, 0.05) is 31.2 Å². The smallest absolute Gasteiger partial charge is 0.133 e. The number of aromatic nitrogens is 2. The van der Waals surface area contributed by atoms with Crippen LogP contribution in [-0.4, -0.2) is 9.55 Å². The summed E-state index contributed by atoms with van der Waals surface area (Å²) in [6.07, 6.45) is 0. The van der Waals surface area contributed by atoms with Crippen molar-refractivity contribution in [1.82, 2.24) is 9.55 Å². The molecule has 0 bridgehead atoms. The van der Waals surface area contributed by atoms with Crippen molar-refractivity contribution in [2.75, 3.05) is 0 Å². The van der Waals surface area contributed by atoms with Gasteiger partial charge in [0.15, 0.2) is 0 Å². The Morgan fingerprint density at radius 2 is 1.56 bits per heavy atom. The second-order valence-electron chi connectivity index (χ2n) is 9.66. The van der Waals surface area contributed by atoms with Crippen LogP contribution >= 0.6 is 0 Å². The predicted molar refractivity (Wildman–Crippen MR) is 141 cm³/mol. The van der Waals surface area contributed by atoms with Crippen molar-refractivity contribution in [2.24, 2.45) is 0 Å². The molecular formula is C31H26FIrN2O-. The Balaban J connectivity index is 0.00000267. The SMILES string of the molecule is CC(C)c1cccc(C(C)C)c1-n1c(-c2[c-]ccc3c2oc2cccc(F)c23)nc2ccccc21.[Ir]. The van der Waals surface area contributed by atoms with Crippen LogP contribution < -0.4 is 0 Å². The monoisotopic (exact) mass is 654 g/mol. The second-order valence-corrected chi connectivity index (χ2v) is 9.66. The van der Waals surface area contributed by atoms with E-state index in [-0.39, 0.29) is 25.9 Å². The zero-order valence-corrected chi connectivity index (χ0v) is 23.0. The van der Waals surface area contributed by atoms with Gasteiger partial charge in [0.1, 0.15) is 11.4 Å². The number of nitrogens with zero attached hydrogens (tertiary/aromatic N) is 2. The third-order valence-corrected chi connectivity index (χ3v) is 6.76. The van der Waals surface area contributed by atoms with Crippen molar-refractivity contribution >= 4 is 33.0 Å². The zero-order chi connectivity index (χ0) is 24.3. The van der Waals surface area contributed by atoms with Gasteiger partial charge in [0.25, 0.3) is 0 Å². The summed E-state index contributed by atoms with van der Waals surface area (Å²) in [7, 11) is 0. The quantitative estimate of drug-likeness (QED) is 0.178. The molecule has 3 nitrogen and oxygen atoms in total. The van der Waals surface area contributed by atoms with E-state index in [1.807, 2.05) is 30.3 Å². The maximum absolute atomic E-state index is 14.8. The fourth-order valence-electron chi connectivity index (χ4n) is 5.10. The first-order chi connectivity index (χ1) is 17.0. The molecule has 0 atom stereocenters. The standard InChI is InChI=1S/C31H26FN2O.Ir/c1-18(2)20-10-7-11-21(19(3)4)29(20)34-26-16-6-5-15-25(26)33-31(34)23-13-8-12-22-28-24(32)14-9-17-27(28)35-30(22)23;/h5-12,14-19H,1-4H3;/q-1;. The molecule has 36 heavy (non-hydrogen) atoms. The van der Waals surface area contributed by atoms with Gasteiger partial charge < -0.3 is 8.98 Å². The average molecular weight is 654 g/mol. The van der Waals surface area contributed by atoms with Crippen molar-refractivity contribution in [3.63, 3.8) is 0 Å². The number of benzene rings is 4. The summed E-state index contributed by atoms with van der Waals surface area (Å²) in [6, 6.07) is 26.7. The first kappa shape index (κ1) is 24.4. The summed E-state index contributed by atoms with van der Waals surface area (Å²) >= 11 is 0. The topological polar surface area (TPSA) is 31.0 Å². The Morgan fingerprint density at radius 1 is 0.861 bits per heavy atom. The molecule has 1 radical (unpaired) electrons. The van der Waals surface area contributed by atoms with E-state index in [1.165, 1.54) is 17.2 Å². The van der Waals surface area contributed by atoms with Gasteiger partial charge in [-0.1, -0.05) is 75.0 Å². The van der Waals surface area contributed by atoms with Crippen LogP contribution in [0.25, 0.3) is 50.0 Å². The van der Waals surface area contributed by atoms with E-state index in [0.29, 0.717) is 28.4 Å². The Kier molecular flexibility index (Phi) is 6.32. The molecule has 0 saturated heterocycles. The summed E-state index contributed by atoms with van der Waals surface area (Å²) in [5.41, 5.74) is 7.41. The Bertz CT molecular complexity index is 1700. The molecule has 4 aromatic carbocycles. The molecule has 0 unspecified atom stereocenters. The van der Waals surface area contributed by atoms with Crippen LogP contribution in [-0.2, 0) is 20.1 Å². The Labute approximate surface area is 223 Å². The van der Waals surface area contributed by atoms with Crippen molar-refractivity contribution in [3.8, 4) is 17.1 Å². The molecule has 0 amide bonds. The summed E-state index contributed by atoms with van der Waals surface area (Å²) in [6.45, 7) is 8.88. The van der Waals surface area contributed by atoms with Crippen LogP contribution in [0.15, 0.2) is 77.2 Å². The second kappa shape index (κ2) is 9.31. The zero-order valence-electron chi connectivity index (χ0n) is 20.6. The Morgan fingerprint density at radius 3 is 2.28 bits per heavy atom.